The summed E-state index contributed by atoms with van der Waals surface area (Å²) < 4.78 is 32.4. The van der Waals surface area contributed by atoms with Crippen LogP contribution >= 0.6 is 23.2 Å². The minimum Gasteiger partial charge on any atom is -0.489 e. The van der Waals surface area contributed by atoms with Gasteiger partial charge in [0.05, 0.1) is 17.1 Å². The third-order valence-electron chi connectivity index (χ3n) is 3.46. The van der Waals surface area contributed by atoms with E-state index in [2.05, 4.69) is 0 Å². The second-order valence-corrected chi connectivity index (χ2v) is 7.72. The molecule has 2 aromatic carbocycles. The smallest absolute Gasteiger partial charge is 0.339 e. The highest BCUT2D eigenvalue weighted by Crippen LogP contribution is 2.38. The van der Waals surface area contributed by atoms with Crippen molar-refractivity contribution >= 4 is 44.9 Å². The number of hydrogen-bond acceptors (Lipinski definition) is 4. The molecular weight excluding hydrogens is 377 g/mol. The molecule has 0 atom stereocenters. The van der Waals surface area contributed by atoms with E-state index in [1.54, 1.807) is 0 Å². The van der Waals surface area contributed by atoms with Gasteiger partial charge in [0.15, 0.2) is 5.75 Å². The summed E-state index contributed by atoms with van der Waals surface area (Å²) in [7, 11) is -3.97. The normalized spacial score (nSPS) is 14.0. The molecule has 1 heterocycles. The van der Waals surface area contributed by atoms with Gasteiger partial charge in [0.25, 0.3) is 10.0 Å². The number of para-hydroxylation sites is 1. The maximum Gasteiger partial charge on any atom is 0.339 e. The third-order valence-corrected chi connectivity index (χ3v) is 5.69. The van der Waals surface area contributed by atoms with Crippen LogP contribution in [0.15, 0.2) is 41.3 Å². The molecule has 2 aromatic rings. The number of carboxylic acids is 1. The highest BCUT2D eigenvalue weighted by Gasteiger charge is 2.32. The molecule has 0 aliphatic carbocycles. The molecule has 0 bridgehead atoms. The molecule has 0 radical (unpaired) electrons. The van der Waals surface area contributed by atoms with E-state index in [1.807, 2.05) is 0 Å². The van der Waals surface area contributed by atoms with Gasteiger partial charge < -0.3 is 9.84 Å². The summed E-state index contributed by atoms with van der Waals surface area (Å²) in [5.41, 5.74) is 0.0637. The van der Waals surface area contributed by atoms with Crippen molar-refractivity contribution in [3.63, 3.8) is 0 Å². The van der Waals surface area contributed by atoms with Crippen molar-refractivity contribution in [2.24, 2.45) is 0 Å². The first kappa shape index (κ1) is 16.9. The van der Waals surface area contributed by atoms with Gasteiger partial charge in [0, 0.05) is 10.0 Å². The van der Waals surface area contributed by atoms with E-state index in [9.17, 15) is 18.3 Å². The number of nitrogens with zero attached hydrogens (tertiary/aromatic N) is 1. The lowest BCUT2D eigenvalue weighted by molar-refractivity contribution is 0.0692. The summed E-state index contributed by atoms with van der Waals surface area (Å²) >= 11 is 11.8. The number of aromatic carboxylic acids is 1. The molecule has 0 spiro atoms. The summed E-state index contributed by atoms with van der Waals surface area (Å²) in [6, 6.07) is 8.32. The Morgan fingerprint density at radius 2 is 1.83 bits per heavy atom. The van der Waals surface area contributed by atoms with Crippen LogP contribution in [0.25, 0.3) is 0 Å². The zero-order valence-corrected chi connectivity index (χ0v) is 14.4. The zero-order valence-electron chi connectivity index (χ0n) is 12.1. The predicted molar refractivity (Wildman–Crippen MR) is 89.9 cm³/mol. The Morgan fingerprint density at radius 1 is 1.17 bits per heavy atom. The molecule has 1 aliphatic rings. The quantitative estimate of drug-likeness (QED) is 0.873. The van der Waals surface area contributed by atoms with Crippen molar-refractivity contribution in [3.8, 4) is 5.75 Å². The zero-order chi connectivity index (χ0) is 17.5. The average Bonchev–Trinajstić information content (AvgIpc) is 2.52. The standard InChI is InChI=1S/C15H11Cl2NO5S/c16-9-6-10(17)8-11(7-9)24(21,22)18-4-5-23-14-12(15(19)20)2-1-3-13(14)18/h1-3,6-8H,4-5H2,(H,19,20). The monoisotopic (exact) mass is 387 g/mol. The van der Waals surface area contributed by atoms with Crippen LogP contribution in [0.3, 0.4) is 0 Å². The molecule has 0 saturated carbocycles. The summed E-state index contributed by atoms with van der Waals surface area (Å²) in [5, 5.41) is 9.61. The molecule has 1 aliphatic heterocycles. The molecule has 1 N–H and O–H groups in total. The molecule has 6 nitrogen and oxygen atoms in total. The van der Waals surface area contributed by atoms with Gasteiger partial charge in [0.1, 0.15) is 12.2 Å². The van der Waals surface area contributed by atoms with E-state index in [1.165, 1.54) is 36.4 Å². The van der Waals surface area contributed by atoms with Gasteiger partial charge in [-0.15, -0.1) is 0 Å². The number of sulfonamides is 1. The lowest BCUT2D eigenvalue weighted by atomic mass is 10.1. The van der Waals surface area contributed by atoms with Crippen molar-refractivity contribution in [2.45, 2.75) is 4.90 Å². The molecule has 0 amide bonds. The minimum atomic E-state index is -3.97. The maximum atomic E-state index is 12.9. The van der Waals surface area contributed by atoms with E-state index in [0.29, 0.717) is 0 Å². The maximum absolute atomic E-state index is 12.9. The molecule has 126 valence electrons. The van der Waals surface area contributed by atoms with Crippen molar-refractivity contribution in [3.05, 3.63) is 52.0 Å². The molecule has 24 heavy (non-hydrogen) atoms. The third kappa shape index (κ3) is 2.90. The fourth-order valence-corrected chi connectivity index (χ4v) is 4.63. The van der Waals surface area contributed by atoms with Crippen LogP contribution in [0.4, 0.5) is 5.69 Å². The van der Waals surface area contributed by atoms with Crippen LogP contribution in [-0.2, 0) is 10.0 Å². The van der Waals surface area contributed by atoms with Gasteiger partial charge in [-0.3, -0.25) is 4.31 Å². The number of rotatable bonds is 3. The minimum absolute atomic E-state index is 0.0213. The Morgan fingerprint density at radius 3 is 2.46 bits per heavy atom. The highest BCUT2D eigenvalue weighted by molar-refractivity contribution is 7.92. The van der Waals surface area contributed by atoms with E-state index < -0.39 is 16.0 Å². The van der Waals surface area contributed by atoms with E-state index in [0.717, 1.165) is 4.31 Å². The van der Waals surface area contributed by atoms with Crippen molar-refractivity contribution < 1.29 is 23.1 Å². The van der Waals surface area contributed by atoms with Crippen LogP contribution in [-0.4, -0.2) is 32.6 Å². The highest BCUT2D eigenvalue weighted by atomic mass is 35.5. The van der Waals surface area contributed by atoms with Gasteiger partial charge in [-0.05, 0) is 30.3 Å². The van der Waals surface area contributed by atoms with Gasteiger partial charge in [-0.2, -0.15) is 0 Å². The predicted octanol–water partition coefficient (Wildman–Crippen LogP) is 3.28. The van der Waals surface area contributed by atoms with Crippen molar-refractivity contribution in [1.82, 2.24) is 0 Å². The van der Waals surface area contributed by atoms with Crippen LogP contribution in [0, 0.1) is 0 Å². The fourth-order valence-electron chi connectivity index (χ4n) is 2.45. The molecule has 0 fully saturated rings. The number of carboxylic acid groups (broad SMARTS) is 1. The number of benzene rings is 2. The molecular formula is C15H11Cl2NO5S. The second kappa shape index (κ2) is 6.16. The van der Waals surface area contributed by atoms with E-state index >= 15 is 0 Å². The first-order valence-electron chi connectivity index (χ1n) is 6.78. The van der Waals surface area contributed by atoms with Gasteiger partial charge >= 0.3 is 5.97 Å². The number of anilines is 1. The van der Waals surface area contributed by atoms with Gasteiger partial charge in [-0.1, -0.05) is 29.3 Å². The Bertz CT molecular complexity index is 909. The number of carbonyl (C=O) groups is 1. The van der Waals surface area contributed by atoms with E-state index in [-0.39, 0.29) is 45.1 Å². The van der Waals surface area contributed by atoms with Crippen LogP contribution in [0.1, 0.15) is 10.4 Å². The van der Waals surface area contributed by atoms with E-state index in [4.69, 9.17) is 27.9 Å². The second-order valence-electron chi connectivity index (χ2n) is 4.99. The fraction of sp³-hybridized carbons (Fsp3) is 0.133. The molecule has 0 unspecified atom stereocenters. The van der Waals surface area contributed by atoms with Gasteiger partial charge in [0.2, 0.25) is 0 Å². The lowest BCUT2D eigenvalue weighted by Crippen LogP contribution is -2.38. The first-order chi connectivity index (χ1) is 11.3. The SMILES string of the molecule is O=C(O)c1cccc2c1OCCN2S(=O)(=O)c1cc(Cl)cc(Cl)c1. The van der Waals surface area contributed by atoms with Crippen LogP contribution in [0.5, 0.6) is 5.75 Å². The largest absolute Gasteiger partial charge is 0.489 e. The molecule has 0 saturated heterocycles. The van der Waals surface area contributed by atoms with Crippen molar-refractivity contribution in [2.75, 3.05) is 17.5 Å². The Kier molecular flexibility index (Phi) is 4.33. The Balaban J connectivity index is 2.15. The topological polar surface area (TPSA) is 83.9 Å². The number of fused-ring (bicyclic) bond motifs is 1. The van der Waals surface area contributed by atoms with Gasteiger partial charge in [-0.25, -0.2) is 13.2 Å². The first-order valence-corrected chi connectivity index (χ1v) is 8.98. The molecule has 3 rings (SSSR count). The van der Waals surface area contributed by atoms with Crippen LogP contribution < -0.4 is 9.04 Å². The van der Waals surface area contributed by atoms with Crippen molar-refractivity contribution in [1.29, 1.82) is 0 Å². The summed E-state index contributed by atoms with van der Waals surface area (Å²) in [4.78, 5) is 11.2. The Labute approximate surface area is 148 Å². The molecule has 9 heteroatoms. The average molecular weight is 388 g/mol. The number of halogens is 2. The van der Waals surface area contributed by atoms with Crippen LogP contribution in [0.2, 0.25) is 10.0 Å². The lowest BCUT2D eigenvalue weighted by Gasteiger charge is -2.31. The Hall–Kier alpha value is -1.96. The molecule has 0 aromatic heterocycles. The number of hydrogen-bond donors (Lipinski definition) is 1. The summed E-state index contributed by atoms with van der Waals surface area (Å²) in [6.45, 7) is 0.0767. The number of ether oxygens (including phenoxy) is 1. The summed E-state index contributed by atoms with van der Waals surface area (Å²) in [5.74, 6) is -1.18. The summed E-state index contributed by atoms with van der Waals surface area (Å²) in [6.07, 6.45) is 0.